The minimum Gasteiger partial charge on any atom is -0.484 e. The Balaban J connectivity index is 1.89. The molecule has 2 aromatic rings. The van der Waals surface area contributed by atoms with Gasteiger partial charge in [0, 0.05) is 19.2 Å². The average molecular weight is 353 g/mol. The van der Waals surface area contributed by atoms with Gasteiger partial charge in [0.15, 0.2) is 6.61 Å². The molecular formula is C18H18F3NO3. The number of benzene rings is 2. The standard InChI is InChI=1S/C18H18F3NO3/c1-24-11-14-4-2-3-13(9-14)10-22-17(23)15-5-7-16(8-6-15)25-12-18(19,20)21/h2-9H,10-12H2,1H3,(H,22,23). The second kappa shape index (κ2) is 8.53. The number of nitrogens with one attached hydrogen (secondary N) is 1. The maximum atomic E-state index is 12.1. The Kier molecular flexibility index (Phi) is 6.41. The van der Waals surface area contributed by atoms with Crippen molar-refractivity contribution in [2.45, 2.75) is 19.3 Å². The number of amides is 1. The van der Waals surface area contributed by atoms with Gasteiger partial charge in [-0.1, -0.05) is 24.3 Å². The van der Waals surface area contributed by atoms with Crippen molar-refractivity contribution in [2.75, 3.05) is 13.7 Å². The van der Waals surface area contributed by atoms with E-state index >= 15 is 0 Å². The van der Waals surface area contributed by atoms with Crippen LogP contribution in [0.1, 0.15) is 21.5 Å². The summed E-state index contributed by atoms with van der Waals surface area (Å²) in [5.74, 6) is -0.263. The van der Waals surface area contributed by atoms with Gasteiger partial charge in [0.05, 0.1) is 6.61 Å². The summed E-state index contributed by atoms with van der Waals surface area (Å²) in [6.07, 6.45) is -4.40. The van der Waals surface area contributed by atoms with Crippen LogP contribution in [0.15, 0.2) is 48.5 Å². The molecule has 1 amide bonds. The Hall–Kier alpha value is -2.54. The molecule has 2 rings (SSSR count). The highest BCUT2D eigenvalue weighted by molar-refractivity contribution is 5.94. The molecular weight excluding hydrogens is 335 g/mol. The number of halogens is 3. The number of hydrogen-bond acceptors (Lipinski definition) is 3. The first-order chi connectivity index (χ1) is 11.9. The molecule has 0 radical (unpaired) electrons. The molecule has 7 heteroatoms. The molecule has 25 heavy (non-hydrogen) atoms. The zero-order valence-corrected chi connectivity index (χ0v) is 13.6. The van der Waals surface area contributed by atoms with E-state index in [1.807, 2.05) is 24.3 Å². The minimum atomic E-state index is -4.40. The van der Waals surface area contributed by atoms with Crippen LogP contribution in [0.5, 0.6) is 5.75 Å². The van der Waals surface area contributed by atoms with Crippen LogP contribution >= 0.6 is 0 Å². The summed E-state index contributed by atoms with van der Waals surface area (Å²) in [4.78, 5) is 12.1. The van der Waals surface area contributed by atoms with E-state index < -0.39 is 12.8 Å². The largest absolute Gasteiger partial charge is 0.484 e. The van der Waals surface area contributed by atoms with Gasteiger partial charge in [0.2, 0.25) is 0 Å². The molecule has 0 bridgehead atoms. The quantitative estimate of drug-likeness (QED) is 0.826. The van der Waals surface area contributed by atoms with Crippen molar-refractivity contribution in [2.24, 2.45) is 0 Å². The van der Waals surface area contributed by atoms with Crippen molar-refractivity contribution >= 4 is 5.91 Å². The van der Waals surface area contributed by atoms with Crippen LogP contribution < -0.4 is 10.1 Å². The van der Waals surface area contributed by atoms with Crippen molar-refractivity contribution in [1.29, 1.82) is 0 Å². The second-order valence-electron chi connectivity index (χ2n) is 5.36. The molecule has 2 aromatic carbocycles. The zero-order valence-electron chi connectivity index (χ0n) is 13.6. The Morgan fingerprint density at radius 3 is 2.40 bits per heavy atom. The lowest BCUT2D eigenvalue weighted by atomic mass is 10.1. The molecule has 0 unspecified atom stereocenters. The summed E-state index contributed by atoms with van der Waals surface area (Å²) in [6, 6.07) is 13.1. The van der Waals surface area contributed by atoms with Crippen LogP contribution in [0, 0.1) is 0 Å². The fraction of sp³-hybridized carbons (Fsp3) is 0.278. The van der Waals surface area contributed by atoms with Crippen LogP contribution in [0.4, 0.5) is 13.2 Å². The van der Waals surface area contributed by atoms with E-state index in [1.165, 1.54) is 24.3 Å². The third kappa shape index (κ3) is 6.46. The highest BCUT2D eigenvalue weighted by Gasteiger charge is 2.28. The maximum absolute atomic E-state index is 12.1. The molecule has 0 atom stereocenters. The zero-order chi connectivity index (χ0) is 18.3. The lowest BCUT2D eigenvalue weighted by Gasteiger charge is -2.10. The van der Waals surface area contributed by atoms with Crippen LogP contribution in [0.3, 0.4) is 0 Å². The number of carbonyl (C=O) groups is 1. The third-order valence-corrected chi connectivity index (χ3v) is 3.27. The number of ether oxygens (including phenoxy) is 2. The Morgan fingerprint density at radius 1 is 1.08 bits per heavy atom. The van der Waals surface area contributed by atoms with Crippen molar-refractivity contribution in [3.8, 4) is 5.75 Å². The van der Waals surface area contributed by atoms with E-state index in [0.717, 1.165) is 11.1 Å². The number of hydrogen-bond donors (Lipinski definition) is 1. The van der Waals surface area contributed by atoms with Gasteiger partial charge in [0.1, 0.15) is 5.75 Å². The Labute approximate surface area is 143 Å². The fourth-order valence-corrected chi connectivity index (χ4v) is 2.15. The first-order valence-electron chi connectivity index (χ1n) is 7.52. The second-order valence-corrected chi connectivity index (χ2v) is 5.36. The van der Waals surface area contributed by atoms with Crippen molar-refractivity contribution in [3.05, 3.63) is 65.2 Å². The van der Waals surface area contributed by atoms with E-state index in [1.54, 1.807) is 7.11 Å². The minimum absolute atomic E-state index is 0.0566. The molecule has 0 aliphatic heterocycles. The average Bonchev–Trinajstić information content (AvgIpc) is 2.58. The van der Waals surface area contributed by atoms with E-state index in [-0.39, 0.29) is 11.7 Å². The number of methoxy groups -OCH3 is 1. The monoisotopic (exact) mass is 353 g/mol. The third-order valence-electron chi connectivity index (χ3n) is 3.27. The summed E-state index contributed by atoms with van der Waals surface area (Å²) in [5.41, 5.74) is 2.26. The molecule has 0 aliphatic rings. The number of alkyl halides is 3. The predicted molar refractivity (Wildman–Crippen MR) is 86.3 cm³/mol. The molecule has 4 nitrogen and oxygen atoms in total. The molecule has 1 N–H and O–H groups in total. The van der Waals surface area contributed by atoms with Crippen molar-refractivity contribution < 1.29 is 27.4 Å². The van der Waals surface area contributed by atoms with Crippen LogP contribution in [0.2, 0.25) is 0 Å². The summed E-state index contributed by atoms with van der Waals surface area (Å²) in [5, 5.41) is 2.76. The highest BCUT2D eigenvalue weighted by atomic mass is 19.4. The van der Waals surface area contributed by atoms with Crippen LogP contribution in [-0.2, 0) is 17.9 Å². The Morgan fingerprint density at radius 2 is 1.76 bits per heavy atom. The van der Waals surface area contributed by atoms with E-state index in [2.05, 4.69) is 10.1 Å². The maximum Gasteiger partial charge on any atom is 0.422 e. The number of carbonyl (C=O) groups excluding carboxylic acids is 1. The van der Waals surface area contributed by atoms with E-state index in [4.69, 9.17) is 4.74 Å². The first-order valence-corrected chi connectivity index (χ1v) is 7.52. The Bertz CT molecular complexity index is 699. The molecule has 0 spiro atoms. The summed E-state index contributed by atoms with van der Waals surface area (Å²) in [7, 11) is 1.61. The van der Waals surface area contributed by atoms with Crippen molar-refractivity contribution in [1.82, 2.24) is 5.32 Å². The van der Waals surface area contributed by atoms with Gasteiger partial charge < -0.3 is 14.8 Å². The van der Waals surface area contributed by atoms with Gasteiger partial charge in [0.25, 0.3) is 5.91 Å². The highest BCUT2D eigenvalue weighted by Crippen LogP contribution is 2.19. The molecule has 0 fully saturated rings. The molecule has 0 aliphatic carbocycles. The summed E-state index contributed by atoms with van der Waals surface area (Å²) >= 11 is 0. The smallest absolute Gasteiger partial charge is 0.422 e. The van der Waals surface area contributed by atoms with E-state index in [0.29, 0.717) is 18.7 Å². The van der Waals surface area contributed by atoms with E-state index in [9.17, 15) is 18.0 Å². The molecule has 0 aromatic heterocycles. The van der Waals surface area contributed by atoms with Crippen molar-refractivity contribution in [3.63, 3.8) is 0 Å². The fourth-order valence-electron chi connectivity index (χ4n) is 2.15. The first kappa shape index (κ1) is 18.8. The van der Waals surface area contributed by atoms with Gasteiger partial charge in [-0.25, -0.2) is 0 Å². The van der Waals surface area contributed by atoms with Gasteiger partial charge in [-0.2, -0.15) is 13.2 Å². The number of rotatable bonds is 7. The molecule has 134 valence electrons. The van der Waals surface area contributed by atoms with Crippen LogP contribution in [-0.4, -0.2) is 25.8 Å². The lowest BCUT2D eigenvalue weighted by Crippen LogP contribution is -2.23. The summed E-state index contributed by atoms with van der Waals surface area (Å²) < 4.78 is 45.9. The van der Waals surface area contributed by atoms with Gasteiger partial charge in [-0.15, -0.1) is 0 Å². The molecule has 0 saturated heterocycles. The predicted octanol–water partition coefficient (Wildman–Crippen LogP) is 3.70. The molecule has 0 saturated carbocycles. The normalized spacial score (nSPS) is 11.2. The lowest BCUT2D eigenvalue weighted by molar-refractivity contribution is -0.153. The SMILES string of the molecule is COCc1cccc(CNC(=O)c2ccc(OCC(F)(F)F)cc2)c1. The van der Waals surface area contributed by atoms with Gasteiger partial charge in [-0.3, -0.25) is 4.79 Å². The van der Waals surface area contributed by atoms with Gasteiger partial charge in [-0.05, 0) is 35.4 Å². The van der Waals surface area contributed by atoms with Crippen LogP contribution in [0.25, 0.3) is 0 Å². The van der Waals surface area contributed by atoms with Gasteiger partial charge >= 0.3 is 6.18 Å². The molecule has 0 heterocycles. The topological polar surface area (TPSA) is 47.6 Å². The summed E-state index contributed by atoms with van der Waals surface area (Å²) in [6.45, 7) is -0.541.